The van der Waals surface area contributed by atoms with E-state index in [0.29, 0.717) is 32.0 Å². The van der Waals surface area contributed by atoms with Crippen LogP contribution in [-0.2, 0) is 14.8 Å². The minimum absolute atomic E-state index is 0.0738. The third-order valence-electron chi connectivity index (χ3n) is 3.24. The lowest BCUT2D eigenvalue weighted by Gasteiger charge is -2.37. The van der Waals surface area contributed by atoms with Gasteiger partial charge in [-0.1, -0.05) is 19.1 Å². The van der Waals surface area contributed by atoms with Crippen molar-refractivity contribution >= 4 is 15.7 Å². The van der Waals surface area contributed by atoms with Crippen LogP contribution >= 0.6 is 0 Å². The number of rotatable bonds is 5. The van der Waals surface area contributed by atoms with Crippen LogP contribution in [0, 0.1) is 0 Å². The molecule has 0 aliphatic carbocycles. The number of para-hydroxylation sites is 1. The Kier molecular flexibility index (Phi) is 4.98. The molecule has 2 rings (SSSR count). The van der Waals surface area contributed by atoms with Gasteiger partial charge >= 0.3 is 0 Å². The summed E-state index contributed by atoms with van der Waals surface area (Å²) in [5.41, 5.74) is 0.607. The number of hydrogen-bond acceptors (Lipinski definition) is 5. The van der Waals surface area contributed by atoms with Crippen molar-refractivity contribution in [1.29, 1.82) is 0 Å². The first-order chi connectivity index (χ1) is 9.60. The van der Waals surface area contributed by atoms with Gasteiger partial charge in [0.1, 0.15) is 4.90 Å². The van der Waals surface area contributed by atoms with Gasteiger partial charge in [-0.15, -0.1) is 0 Å². The summed E-state index contributed by atoms with van der Waals surface area (Å²) in [6.07, 6.45) is 0. The molecule has 0 radical (unpaired) electrons. The van der Waals surface area contributed by atoms with Gasteiger partial charge in [-0.25, -0.2) is 13.1 Å². The molecule has 1 aromatic rings. The van der Waals surface area contributed by atoms with E-state index < -0.39 is 10.0 Å². The first kappa shape index (κ1) is 15.2. The normalized spacial score (nSPS) is 20.1. The highest BCUT2D eigenvalue weighted by Crippen LogP contribution is 2.27. The number of nitrogens with one attached hydrogen (secondary N) is 1. The van der Waals surface area contributed by atoms with Gasteiger partial charge in [0.25, 0.3) is 0 Å². The van der Waals surface area contributed by atoms with Gasteiger partial charge in [0.05, 0.1) is 31.5 Å². The van der Waals surface area contributed by atoms with Crippen molar-refractivity contribution in [1.82, 2.24) is 4.72 Å². The maximum Gasteiger partial charge on any atom is 0.242 e. The Morgan fingerprint density at radius 1 is 1.45 bits per heavy atom. The van der Waals surface area contributed by atoms with Crippen molar-refractivity contribution in [3.05, 3.63) is 24.3 Å². The fourth-order valence-electron chi connectivity index (χ4n) is 2.31. The lowest BCUT2D eigenvalue weighted by molar-refractivity contribution is 0.0724. The van der Waals surface area contributed by atoms with Crippen LogP contribution in [0.4, 0.5) is 5.69 Å². The van der Waals surface area contributed by atoms with Gasteiger partial charge in [0.2, 0.25) is 10.0 Å². The molecule has 1 aliphatic heterocycles. The van der Waals surface area contributed by atoms with Gasteiger partial charge in [-0.2, -0.15) is 0 Å². The molecule has 0 bridgehead atoms. The quantitative estimate of drug-likeness (QED) is 0.811. The molecule has 1 aromatic carbocycles. The summed E-state index contributed by atoms with van der Waals surface area (Å²) in [6, 6.07) is 6.61. The summed E-state index contributed by atoms with van der Waals surface area (Å²) in [4.78, 5) is 2.13. The van der Waals surface area contributed by atoms with E-state index in [1.54, 1.807) is 31.2 Å². The summed E-state index contributed by atoms with van der Waals surface area (Å²) in [5, 5.41) is 9.43. The average molecular weight is 300 g/mol. The van der Waals surface area contributed by atoms with Gasteiger partial charge in [0, 0.05) is 13.1 Å². The molecule has 1 unspecified atom stereocenters. The van der Waals surface area contributed by atoms with Crippen LogP contribution in [0.3, 0.4) is 0 Å². The number of nitrogens with zero attached hydrogens (tertiary/aromatic N) is 1. The van der Waals surface area contributed by atoms with Gasteiger partial charge in [-0.05, 0) is 12.1 Å². The van der Waals surface area contributed by atoms with Crippen molar-refractivity contribution < 1.29 is 18.3 Å². The number of aliphatic hydroxyl groups excluding tert-OH is 1. The van der Waals surface area contributed by atoms with E-state index in [1.807, 2.05) is 4.90 Å². The molecule has 6 nitrogen and oxygen atoms in total. The van der Waals surface area contributed by atoms with E-state index in [9.17, 15) is 13.5 Å². The Morgan fingerprint density at radius 2 is 2.20 bits per heavy atom. The van der Waals surface area contributed by atoms with E-state index >= 15 is 0 Å². The van der Waals surface area contributed by atoms with E-state index in [-0.39, 0.29) is 17.5 Å². The van der Waals surface area contributed by atoms with Crippen LogP contribution in [-0.4, -0.2) is 52.5 Å². The van der Waals surface area contributed by atoms with E-state index in [4.69, 9.17) is 4.74 Å². The molecule has 1 saturated heterocycles. The number of aliphatic hydroxyl groups is 1. The van der Waals surface area contributed by atoms with Crippen LogP contribution in [0.15, 0.2) is 29.2 Å². The number of anilines is 1. The summed E-state index contributed by atoms with van der Waals surface area (Å²) in [5.74, 6) is 0. The predicted molar refractivity (Wildman–Crippen MR) is 76.3 cm³/mol. The zero-order chi connectivity index (χ0) is 14.6. The Morgan fingerprint density at radius 3 is 2.90 bits per heavy atom. The topological polar surface area (TPSA) is 78.9 Å². The van der Waals surface area contributed by atoms with E-state index in [2.05, 4.69) is 4.72 Å². The molecule has 1 aliphatic rings. The summed E-state index contributed by atoms with van der Waals surface area (Å²) in [6.45, 7) is 3.48. The molecule has 0 amide bonds. The number of ether oxygens (including phenoxy) is 1. The van der Waals surface area contributed by atoms with Crippen molar-refractivity contribution in [2.75, 3.05) is 37.8 Å². The van der Waals surface area contributed by atoms with E-state index in [1.165, 1.54) is 0 Å². The van der Waals surface area contributed by atoms with Crippen LogP contribution in [0.2, 0.25) is 0 Å². The summed E-state index contributed by atoms with van der Waals surface area (Å²) in [7, 11) is -3.54. The molecular weight excluding hydrogens is 280 g/mol. The Labute approximate surface area is 119 Å². The highest BCUT2D eigenvalue weighted by Gasteiger charge is 2.27. The predicted octanol–water partition coefficient (Wildman–Crippen LogP) is 0.182. The molecule has 112 valence electrons. The molecular formula is C13H20N2O4S. The maximum atomic E-state index is 12.3. The number of morpholine rings is 1. The molecule has 7 heteroatoms. The van der Waals surface area contributed by atoms with Crippen molar-refractivity contribution in [3.63, 3.8) is 0 Å². The largest absolute Gasteiger partial charge is 0.394 e. The smallest absolute Gasteiger partial charge is 0.242 e. The van der Waals surface area contributed by atoms with Crippen molar-refractivity contribution in [3.8, 4) is 0 Å². The average Bonchev–Trinajstić information content (AvgIpc) is 2.47. The van der Waals surface area contributed by atoms with Gasteiger partial charge < -0.3 is 14.7 Å². The zero-order valence-electron chi connectivity index (χ0n) is 11.4. The Hall–Kier alpha value is -1.15. The van der Waals surface area contributed by atoms with Crippen LogP contribution in [0.1, 0.15) is 6.92 Å². The Balaban J connectivity index is 2.41. The van der Waals surface area contributed by atoms with Crippen LogP contribution in [0.25, 0.3) is 0 Å². The third kappa shape index (κ3) is 3.12. The zero-order valence-corrected chi connectivity index (χ0v) is 12.3. The summed E-state index contributed by atoms with van der Waals surface area (Å²) >= 11 is 0. The Bertz CT molecular complexity index is 547. The minimum Gasteiger partial charge on any atom is -0.394 e. The molecule has 0 aromatic heterocycles. The molecule has 0 saturated carbocycles. The van der Waals surface area contributed by atoms with E-state index in [0.717, 1.165) is 0 Å². The second kappa shape index (κ2) is 6.53. The second-order valence-electron chi connectivity index (χ2n) is 4.57. The number of hydrogen-bond donors (Lipinski definition) is 2. The van der Waals surface area contributed by atoms with Crippen molar-refractivity contribution in [2.24, 2.45) is 0 Å². The molecule has 0 spiro atoms. The lowest BCUT2D eigenvalue weighted by Crippen LogP contribution is -2.48. The molecule has 2 N–H and O–H groups in total. The molecule has 20 heavy (non-hydrogen) atoms. The first-order valence-corrected chi connectivity index (χ1v) is 8.12. The fourth-order valence-corrected chi connectivity index (χ4v) is 3.57. The molecule has 1 fully saturated rings. The first-order valence-electron chi connectivity index (χ1n) is 6.64. The maximum absolute atomic E-state index is 12.3. The van der Waals surface area contributed by atoms with Crippen LogP contribution < -0.4 is 9.62 Å². The minimum atomic E-state index is -3.54. The monoisotopic (exact) mass is 300 g/mol. The standard InChI is InChI=1S/C13H20N2O4S/c1-2-14-20(17,18)13-6-4-3-5-12(13)15-7-8-19-10-11(15)9-16/h3-6,11,14,16H,2,7-10H2,1H3. The van der Waals surface area contributed by atoms with Gasteiger partial charge in [0.15, 0.2) is 0 Å². The van der Waals surface area contributed by atoms with Gasteiger partial charge in [-0.3, -0.25) is 0 Å². The van der Waals surface area contributed by atoms with Crippen LogP contribution in [0.5, 0.6) is 0 Å². The second-order valence-corrected chi connectivity index (χ2v) is 6.31. The highest BCUT2D eigenvalue weighted by molar-refractivity contribution is 7.89. The highest BCUT2D eigenvalue weighted by atomic mass is 32.2. The number of sulfonamides is 1. The molecule has 1 heterocycles. The lowest BCUT2D eigenvalue weighted by atomic mass is 10.2. The number of benzene rings is 1. The summed E-state index contributed by atoms with van der Waals surface area (Å²) < 4.78 is 32.4. The SMILES string of the molecule is CCNS(=O)(=O)c1ccccc1N1CCOCC1CO. The molecule has 1 atom stereocenters. The fraction of sp³-hybridized carbons (Fsp3) is 0.538. The third-order valence-corrected chi connectivity index (χ3v) is 4.83. The van der Waals surface area contributed by atoms with Crippen molar-refractivity contribution in [2.45, 2.75) is 17.9 Å².